The molecule has 1 aromatic rings. The van der Waals surface area contributed by atoms with Crippen LogP contribution in [0.5, 0.6) is 0 Å². The van der Waals surface area contributed by atoms with Gasteiger partial charge < -0.3 is 5.32 Å². The maximum absolute atomic E-state index is 11.6. The summed E-state index contributed by atoms with van der Waals surface area (Å²) in [4.78, 5) is 0. The van der Waals surface area contributed by atoms with E-state index in [9.17, 15) is 13.2 Å². The minimum atomic E-state index is -4.56. The second-order valence-electron chi connectivity index (χ2n) is 2.70. The van der Waals surface area contributed by atoms with Gasteiger partial charge in [-0.15, -0.1) is 13.2 Å². The van der Waals surface area contributed by atoms with Crippen LogP contribution in [0.25, 0.3) is 0 Å². The predicted octanol–water partition coefficient (Wildman–Crippen LogP) is 3.40. The van der Waals surface area contributed by atoms with Crippen molar-refractivity contribution in [3.05, 3.63) is 28.7 Å². The lowest BCUT2D eigenvalue weighted by Gasteiger charge is -2.10. The summed E-state index contributed by atoms with van der Waals surface area (Å²) in [6.45, 7) is -0.313. The predicted molar refractivity (Wildman–Crippen MR) is 54.6 cm³/mol. The van der Waals surface area contributed by atoms with Crippen LogP contribution in [-0.2, 0) is 4.74 Å². The molecule has 6 heteroatoms. The molecular formula is C9H9BrF3NO. The first kappa shape index (κ1) is 12.3. The molecule has 15 heavy (non-hydrogen) atoms. The highest BCUT2D eigenvalue weighted by molar-refractivity contribution is 9.10. The van der Waals surface area contributed by atoms with Crippen LogP contribution < -0.4 is 5.32 Å². The van der Waals surface area contributed by atoms with E-state index in [-0.39, 0.29) is 6.54 Å². The molecule has 1 aromatic carbocycles. The Balaban J connectivity index is 2.30. The Morgan fingerprint density at radius 2 is 1.93 bits per heavy atom. The Hall–Kier alpha value is -0.750. The van der Waals surface area contributed by atoms with E-state index in [0.29, 0.717) is 0 Å². The fourth-order valence-corrected chi connectivity index (χ4v) is 1.38. The monoisotopic (exact) mass is 283 g/mol. The van der Waals surface area contributed by atoms with E-state index < -0.39 is 13.0 Å². The van der Waals surface area contributed by atoms with E-state index in [2.05, 4.69) is 26.0 Å². The van der Waals surface area contributed by atoms with Crippen molar-refractivity contribution in [3.63, 3.8) is 0 Å². The van der Waals surface area contributed by atoms with Crippen molar-refractivity contribution in [1.82, 2.24) is 0 Å². The molecule has 0 spiro atoms. The van der Waals surface area contributed by atoms with Gasteiger partial charge in [-0.05, 0) is 28.1 Å². The summed E-state index contributed by atoms with van der Waals surface area (Å²) in [5.74, 6) is 0. The van der Waals surface area contributed by atoms with Crippen LogP contribution in [0.2, 0.25) is 0 Å². The normalized spacial score (nSPS) is 11.5. The van der Waals surface area contributed by atoms with Gasteiger partial charge in [0, 0.05) is 16.7 Å². The molecule has 0 aliphatic heterocycles. The van der Waals surface area contributed by atoms with Crippen LogP contribution >= 0.6 is 15.9 Å². The van der Waals surface area contributed by atoms with Gasteiger partial charge in [0.05, 0.1) is 6.61 Å². The highest BCUT2D eigenvalue weighted by Crippen LogP contribution is 2.21. The first-order valence-corrected chi connectivity index (χ1v) is 4.97. The van der Waals surface area contributed by atoms with Gasteiger partial charge in [0.2, 0.25) is 0 Å². The first-order valence-electron chi connectivity index (χ1n) is 4.18. The number of para-hydroxylation sites is 1. The van der Waals surface area contributed by atoms with Crippen molar-refractivity contribution < 1.29 is 17.9 Å². The van der Waals surface area contributed by atoms with Crippen LogP contribution in [0.4, 0.5) is 18.9 Å². The molecule has 0 aliphatic rings. The Bertz CT molecular complexity index is 316. The molecule has 84 valence electrons. The maximum Gasteiger partial charge on any atom is 0.522 e. The molecule has 0 aromatic heterocycles. The standard InChI is InChI=1S/C9H9BrF3NO/c10-7-3-1-2-4-8(7)14-5-6-15-9(11,12)13/h1-4,14H,5-6H2. The zero-order valence-corrected chi connectivity index (χ0v) is 9.23. The van der Waals surface area contributed by atoms with Gasteiger partial charge in [-0.3, -0.25) is 4.74 Å². The molecule has 0 unspecified atom stereocenters. The molecule has 0 saturated carbocycles. The van der Waals surface area contributed by atoms with E-state index in [4.69, 9.17) is 0 Å². The molecular weight excluding hydrogens is 275 g/mol. The molecule has 0 amide bonds. The summed E-state index contributed by atoms with van der Waals surface area (Å²) in [6.07, 6.45) is -4.56. The lowest BCUT2D eigenvalue weighted by atomic mass is 10.3. The SMILES string of the molecule is FC(F)(F)OCCNc1ccccc1Br. The van der Waals surface area contributed by atoms with Gasteiger partial charge in [0.1, 0.15) is 0 Å². The number of rotatable bonds is 4. The van der Waals surface area contributed by atoms with Crippen LogP contribution in [0.1, 0.15) is 0 Å². The molecule has 0 fully saturated rings. The quantitative estimate of drug-likeness (QED) is 0.856. The van der Waals surface area contributed by atoms with E-state index in [1.54, 1.807) is 18.2 Å². The third-order valence-electron chi connectivity index (χ3n) is 1.56. The number of nitrogens with one attached hydrogen (secondary N) is 1. The van der Waals surface area contributed by atoms with Crippen molar-refractivity contribution >= 4 is 21.6 Å². The minimum absolute atomic E-state index is 0.0993. The van der Waals surface area contributed by atoms with Crippen molar-refractivity contribution in [2.24, 2.45) is 0 Å². The smallest absolute Gasteiger partial charge is 0.382 e. The number of ether oxygens (including phenoxy) is 1. The van der Waals surface area contributed by atoms with Gasteiger partial charge in [-0.2, -0.15) is 0 Å². The number of benzene rings is 1. The van der Waals surface area contributed by atoms with Gasteiger partial charge >= 0.3 is 6.36 Å². The van der Waals surface area contributed by atoms with Gasteiger partial charge in [-0.25, -0.2) is 0 Å². The van der Waals surface area contributed by atoms with E-state index in [1.165, 1.54) is 0 Å². The molecule has 0 bridgehead atoms. The van der Waals surface area contributed by atoms with E-state index in [1.807, 2.05) is 6.07 Å². The molecule has 1 rings (SSSR count). The summed E-state index contributed by atoms with van der Waals surface area (Å²) in [5.41, 5.74) is 0.739. The second-order valence-corrected chi connectivity index (χ2v) is 3.56. The van der Waals surface area contributed by atoms with Crippen LogP contribution in [0, 0.1) is 0 Å². The molecule has 0 atom stereocenters. The highest BCUT2D eigenvalue weighted by Gasteiger charge is 2.28. The van der Waals surface area contributed by atoms with Crippen LogP contribution in [0.3, 0.4) is 0 Å². The van der Waals surface area contributed by atoms with Crippen molar-refractivity contribution in [3.8, 4) is 0 Å². The molecule has 0 aliphatic carbocycles. The second kappa shape index (κ2) is 5.37. The Labute approximate surface area is 93.6 Å². The largest absolute Gasteiger partial charge is 0.522 e. The van der Waals surface area contributed by atoms with Crippen LogP contribution in [0.15, 0.2) is 28.7 Å². The van der Waals surface area contributed by atoms with Gasteiger partial charge in [0.15, 0.2) is 0 Å². The number of hydrogen-bond donors (Lipinski definition) is 1. The summed E-state index contributed by atoms with van der Waals surface area (Å²) >= 11 is 3.26. The fourth-order valence-electron chi connectivity index (χ4n) is 0.957. The van der Waals surface area contributed by atoms with Gasteiger partial charge in [-0.1, -0.05) is 12.1 Å². The lowest BCUT2D eigenvalue weighted by molar-refractivity contribution is -0.322. The Morgan fingerprint density at radius 1 is 1.27 bits per heavy atom. The lowest BCUT2D eigenvalue weighted by Crippen LogP contribution is -2.19. The van der Waals surface area contributed by atoms with Gasteiger partial charge in [0.25, 0.3) is 0 Å². The maximum atomic E-state index is 11.6. The molecule has 1 N–H and O–H groups in total. The summed E-state index contributed by atoms with van der Waals surface area (Å²) in [7, 11) is 0. The molecule has 2 nitrogen and oxygen atoms in total. The molecule has 0 heterocycles. The summed E-state index contributed by atoms with van der Waals surface area (Å²) < 4.78 is 39.2. The average molecular weight is 284 g/mol. The average Bonchev–Trinajstić information content (AvgIpc) is 2.13. The van der Waals surface area contributed by atoms with E-state index >= 15 is 0 Å². The number of anilines is 1. The third kappa shape index (κ3) is 5.03. The zero-order chi connectivity index (χ0) is 11.3. The number of hydrogen-bond acceptors (Lipinski definition) is 2. The topological polar surface area (TPSA) is 21.3 Å². The first-order chi connectivity index (χ1) is 6.99. The summed E-state index contributed by atoms with van der Waals surface area (Å²) in [5, 5.41) is 2.81. The van der Waals surface area contributed by atoms with Crippen molar-refractivity contribution in [2.75, 3.05) is 18.5 Å². The number of halogens is 4. The minimum Gasteiger partial charge on any atom is -0.382 e. The molecule has 0 radical (unpaired) electrons. The molecule has 0 saturated heterocycles. The Morgan fingerprint density at radius 3 is 2.53 bits per heavy atom. The third-order valence-corrected chi connectivity index (χ3v) is 2.25. The zero-order valence-electron chi connectivity index (χ0n) is 7.64. The summed E-state index contributed by atoms with van der Waals surface area (Å²) in [6, 6.07) is 7.17. The number of alkyl halides is 3. The van der Waals surface area contributed by atoms with Crippen molar-refractivity contribution in [1.29, 1.82) is 0 Å². The highest BCUT2D eigenvalue weighted by atomic mass is 79.9. The van der Waals surface area contributed by atoms with Crippen LogP contribution in [-0.4, -0.2) is 19.5 Å². The van der Waals surface area contributed by atoms with E-state index in [0.717, 1.165) is 10.2 Å². The van der Waals surface area contributed by atoms with Crippen molar-refractivity contribution in [2.45, 2.75) is 6.36 Å². The fraction of sp³-hybridized carbons (Fsp3) is 0.333. The Kier molecular flexibility index (Phi) is 4.41.